The predicted molar refractivity (Wildman–Crippen MR) is 40.6 cm³/mol. The third kappa shape index (κ3) is 1.31. The summed E-state index contributed by atoms with van der Waals surface area (Å²) in [6, 6.07) is 0. The monoisotopic (exact) mass is 155 g/mol. The highest BCUT2D eigenvalue weighted by Gasteiger charge is 2.04. The van der Waals surface area contributed by atoms with E-state index in [1.54, 1.807) is 6.92 Å². The van der Waals surface area contributed by atoms with Crippen molar-refractivity contribution in [3.05, 3.63) is 16.0 Å². The van der Waals surface area contributed by atoms with Gasteiger partial charge in [0, 0.05) is 0 Å². The van der Waals surface area contributed by atoms with E-state index in [9.17, 15) is 4.79 Å². The second kappa shape index (κ2) is 2.61. The number of methoxy groups -OCH3 is 1. The maximum atomic E-state index is 11.0. The summed E-state index contributed by atoms with van der Waals surface area (Å²) in [5.74, 6) is 0.313. The van der Waals surface area contributed by atoms with Crippen molar-refractivity contribution in [2.75, 3.05) is 12.8 Å². The predicted octanol–water partition coefficient (Wildman–Crippen LogP) is -0.331. The van der Waals surface area contributed by atoms with Gasteiger partial charge in [-0.3, -0.25) is 9.78 Å². The molecule has 0 atom stereocenters. The van der Waals surface area contributed by atoms with Gasteiger partial charge in [-0.1, -0.05) is 0 Å². The van der Waals surface area contributed by atoms with Crippen molar-refractivity contribution in [3.8, 4) is 5.75 Å². The number of nitrogens with two attached hydrogens (primary N) is 1. The Morgan fingerprint density at radius 1 is 1.64 bits per heavy atom. The Morgan fingerprint density at radius 2 is 2.27 bits per heavy atom. The molecular weight excluding hydrogens is 146 g/mol. The van der Waals surface area contributed by atoms with Crippen LogP contribution in [-0.2, 0) is 0 Å². The third-order valence-electron chi connectivity index (χ3n) is 1.27. The first kappa shape index (κ1) is 7.59. The number of ether oxygens (including phenoxy) is 1. The highest BCUT2D eigenvalue weighted by atomic mass is 16.5. The van der Waals surface area contributed by atoms with Gasteiger partial charge in [0.15, 0.2) is 0 Å². The number of nitrogens with zero attached hydrogens (tertiary/aromatic N) is 1. The number of aromatic nitrogens is 2. The standard InChI is InChI=1S/C6H9N3O2/c1-3-4(11-2)5(10)9-6(7)8-3/h1-2H3,(H3,7,8,9,10). The molecule has 5 nitrogen and oxygen atoms in total. The van der Waals surface area contributed by atoms with E-state index in [0.29, 0.717) is 5.69 Å². The number of aromatic amines is 1. The summed E-state index contributed by atoms with van der Waals surface area (Å²) in [6.07, 6.45) is 0. The summed E-state index contributed by atoms with van der Waals surface area (Å²) in [5.41, 5.74) is 5.41. The number of rotatable bonds is 1. The third-order valence-corrected chi connectivity index (χ3v) is 1.27. The largest absolute Gasteiger partial charge is 0.490 e. The molecule has 0 aliphatic carbocycles. The Labute approximate surface area is 63.2 Å². The normalized spacial score (nSPS) is 9.64. The van der Waals surface area contributed by atoms with Gasteiger partial charge < -0.3 is 10.5 Å². The molecule has 0 aliphatic rings. The van der Waals surface area contributed by atoms with E-state index in [-0.39, 0.29) is 17.3 Å². The maximum Gasteiger partial charge on any atom is 0.294 e. The lowest BCUT2D eigenvalue weighted by Gasteiger charge is -2.01. The minimum Gasteiger partial charge on any atom is -0.490 e. The van der Waals surface area contributed by atoms with Gasteiger partial charge in [-0.25, -0.2) is 4.98 Å². The van der Waals surface area contributed by atoms with Crippen LogP contribution in [0.2, 0.25) is 0 Å². The summed E-state index contributed by atoms with van der Waals surface area (Å²) >= 11 is 0. The van der Waals surface area contributed by atoms with Gasteiger partial charge >= 0.3 is 0 Å². The van der Waals surface area contributed by atoms with E-state index < -0.39 is 0 Å². The van der Waals surface area contributed by atoms with Gasteiger partial charge in [0.05, 0.1) is 12.8 Å². The zero-order valence-corrected chi connectivity index (χ0v) is 6.34. The molecule has 11 heavy (non-hydrogen) atoms. The van der Waals surface area contributed by atoms with Crippen molar-refractivity contribution >= 4 is 5.95 Å². The molecule has 1 aromatic heterocycles. The molecule has 0 saturated heterocycles. The molecular formula is C6H9N3O2. The smallest absolute Gasteiger partial charge is 0.294 e. The Balaban J connectivity index is 3.37. The molecule has 0 radical (unpaired) electrons. The minimum absolute atomic E-state index is 0.105. The molecule has 0 aliphatic heterocycles. The van der Waals surface area contributed by atoms with E-state index in [1.807, 2.05) is 0 Å². The van der Waals surface area contributed by atoms with Gasteiger partial charge in [0.1, 0.15) is 0 Å². The van der Waals surface area contributed by atoms with Gasteiger partial charge in [0.25, 0.3) is 5.56 Å². The molecule has 60 valence electrons. The van der Waals surface area contributed by atoms with Gasteiger partial charge in [0.2, 0.25) is 11.7 Å². The van der Waals surface area contributed by atoms with E-state index in [4.69, 9.17) is 10.5 Å². The van der Waals surface area contributed by atoms with Crippen LogP contribution in [0.1, 0.15) is 5.69 Å². The quantitative estimate of drug-likeness (QED) is 0.581. The lowest BCUT2D eigenvalue weighted by Crippen LogP contribution is -2.14. The molecule has 1 aromatic rings. The average molecular weight is 155 g/mol. The summed E-state index contributed by atoms with van der Waals surface area (Å²) in [4.78, 5) is 17.1. The van der Waals surface area contributed by atoms with Gasteiger partial charge in [-0.05, 0) is 6.92 Å². The summed E-state index contributed by atoms with van der Waals surface area (Å²) in [6.45, 7) is 1.66. The van der Waals surface area contributed by atoms with Crippen LogP contribution in [0.25, 0.3) is 0 Å². The fourth-order valence-electron chi connectivity index (χ4n) is 0.837. The highest BCUT2D eigenvalue weighted by molar-refractivity contribution is 5.29. The Morgan fingerprint density at radius 3 is 2.73 bits per heavy atom. The highest BCUT2D eigenvalue weighted by Crippen LogP contribution is 2.06. The van der Waals surface area contributed by atoms with E-state index in [0.717, 1.165) is 0 Å². The van der Waals surface area contributed by atoms with E-state index in [2.05, 4.69) is 9.97 Å². The van der Waals surface area contributed by atoms with Crippen LogP contribution < -0.4 is 16.0 Å². The Kier molecular flexibility index (Phi) is 1.80. The molecule has 5 heteroatoms. The molecule has 0 amide bonds. The SMILES string of the molecule is COc1c(C)nc(N)[nH]c1=O. The van der Waals surface area contributed by atoms with Crippen LogP contribution in [0.5, 0.6) is 5.75 Å². The lowest BCUT2D eigenvalue weighted by molar-refractivity contribution is 0.402. The van der Waals surface area contributed by atoms with Crippen molar-refractivity contribution in [1.29, 1.82) is 0 Å². The number of aryl methyl sites for hydroxylation is 1. The molecule has 1 rings (SSSR count). The van der Waals surface area contributed by atoms with Crippen molar-refractivity contribution < 1.29 is 4.74 Å². The number of nitrogens with one attached hydrogen (secondary N) is 1. The molecule has 0 bridgehead atoms. The first-order valence-corrected chi connectivity index (χ1v) is 3.05. The van der Waals surface area contributed by atoms with Crippen LogP contribution in [-0.4, -0.2) is 17.1 Å². The van der Waals surface area contributed by atoms with Crippen LogP contribution in [0, 0.1) is 6.92 Å². The number of nitrogen functional groups attached to an aromatic ring is 1. The molecule has 0 aromatic carbocycles. The maximum absolute atomic E-state index is 11.0. The van der Waals surface area contributed by atoms with Crippen molar-refractivity contribution in [2.45, 2.75) is 6.92 Å². The van der Waals surface area contributed by atoms with Crippen molar-refractivity contribution in [2.24, 2.45) is 0 Å². The second-order valence-electron chi connectivity index (χ2n) is 2.07. The number of hydrogen-bond acceptors (Lipinski definition) is 4. The van der Waals surface area contributed by atoms with E-state index >= 15 is 0 Å². The van der Waals surface area contributed by atoms with Gasteiger partial charge in [-0.2, -0.15) is 0 Å². The Bertz CT molecular complexity index is 318. The summed E-state index contributed by atoms with van der Waals surface area (Å²) in [7, 11) is 1.41. The molecule has 3 N–H and O–H groups in total. The summed E-state index contributed by atoms with van der Waals surface area (Å²) in [5, 5.41) is 0. The van der Waals surface area contributed by atoms with E-state index in [1.165, 1.54) is 7.11 Å². The first-order valence-electron chi connectivity index (χ1n) is 3.05. The zero-order chi connectivity index (χ0) is 8.43. The second-order valence-corrected chi connectivity index (χ2v) is 2.07. The average Bonchev–Trinajstić information content (AvgIpc) is 1.85. The topological polar surface area (TPSA) is 81.0 Å². The molecule has 0 fully saturated rings. The minimum atomic E-state index is -0.350. The molecule has 0 spiro atoms. The molecule has 1 heterocycles. The number of anilines is 1. The zero-order valence-electron chi connectivity index (χ0n) is 6.34. The van der Waals surface area contributed by atoms with Gasteiger partial charge in [-0.15, -0.1) is 0 Å². The van der Waals surface area contributed by atoms with Crippen molar-refractivity contribution in [3.63, 3.8) is 0 Å². The fourth-order valence-corrected chi connectivity index (χ4v) is 0.837. The van der Waals surface area contributed by atoms with Crippen LogP contribution in [0.3, 0.4) is 0 Å². The van der Waals surface area contributed by atoms with Crippen LogP contribution in [0.4, 0.5) is 5.95 Å². The fraction of sp³-hybridized carbons (Fsp3) is 0.333. The number of H-pyrrole nitrogens is 1. The van der Waals surface area contributed by atoms with Crippen LogP contribution >= 0.6 is 0 Å². The Hall–Kier alpha value is -1.52. The van der Waals surface area contributed by atoms with Crippen molar-refractivity contribution in [1.82, 2.24) is 9.97 Å². The first-order chi connectivity index (χ1) is 5.15. The summed E-state index contributed by atoms with van der Waals surface area (Å²) < 4.78 is 4.77. The molecule has 0 saturated carbocycles. The number of hydrogen-bond donors (Lipinski definition) is 2. The lowest BCUT2D eigenvalue weighted by atomic mass is 10.4. The molecule has 0 unspecified atom stereocenters. The van der Waals surface area contributed by atoms with Crippen LogP contribution in [0.15, 0.2) is 4.79 Å².